The van der Waals surface area contributed by atoms with Gasteiger partial charge in [-0.25, -0.2) is 9.97 Å². The number of hydrogen-bond donors (Lipinski definition) is 1. The molecule has 0 atom stereocenters. The van der Waals surface area contributed by atoms with Gasteiger partial charge in [0.05, 0.1) is 5.39 Å². The minimum absolute atomic E-state index is 0.321. The lowest BCUT2D eigenvalue weighted by Crippen LogP contribution is -2.04. The molecule has 1 N–H and O–H groups in total. The molecule has 0 saturated heterocycles. The van der Waals surface area contributed by atoms with E-state index in [0.717, 1.165) is 22.6 Å². The Balaban J connectivity index is 1.86. The maximum atomic E-state index is 5.97. The molecule has 110 valence electrons. The van der Waals surface area contributed by atoms with Crippen LogP contribution in [0.4, 0.5) is 5.82 Å². The van der Waals surface area contributed by atoms with Crippen LogP contribution in [-0.4, -0.2) is 28.5 Å². The summed E-state index contributed by atoms with van der Waals surface area (Å²) in [5.74, 6) is 2.14. The monoisotopic (exact) mass is 329 g/mol. The predicted octanol–water partition coefficient (Wildman–Crippen LogP) is 4.99. The summed E-state index contributed by atoms with van der Waals surface area (Å²) in [6.45, 7) is 3.02. The van der Waals surface area contributed by atoms with Crippen molar-refractivity contribution in [2.45, 2.75) is 32.6 Å². The lowest BCUT2D eigenvalue weighted by atomic mass is 10.2. The summed E-state index contributed by atoms with van der Waals surface area (Å²) in [7, 11) is 0. The topological polar surface area (TPSA) is 37.8 Å². The summed E-state index contributed by atoms with van der Waals surface area (Å²) in [6, 6.07) is 2.12. The van der Waals surface area contributed by atoms with Gasteiger partial charge < -0.3 is 5.32 Å². The van der Waals surface area contributed by atoms with Gasteiger partial charge in [-0.3, -0.25) is 0 Å². The van der Waals surface area contributed by atoms with Crippen LogP contribution in [0.3, 0.4) is 0 Å². The molecular weight excluding hydrogens is 310 g/mol. The van der Waals surface area contributed by atoms with Gasteiger partial charge >= 0.3 is 0 Å². The van der Waals surface area contributed by atoms with Crippen LogP contribution in [0.1, 0.15) is 30.6 Å². The van der Waals surface area contributed by atoms with Crippen LogP contribution in [-0.2, 0) is 0 Å². The van der Waals surface area contributed by atoms with Gasteiger partial charge in [0.25, 0.3) is 0 Å². The molecule has 2 aromatic heterocycles. The number of fused-ring (bicyclic) bond motifs is 1. The van der Waals surface area contributed by atoms with Crippen molar-refractivity contribution >= 4 is 50.7 Å². The van der Waals surface area contributed by atoms with Crippen LogP contribution in [0, 0.1) is 6.92 Å². The van der Waals surface area contributed by atoms with Crippen molar-refractivity contribution in [3.8, 4) is 0 Å². The first-order valence-electron chi connectivity index (χ1n) is 6.87. The standard InChI is InChI=1S/C14H20ClN3S2/c1-10-9-11-12(17-14(15)18-13(11)20-10)16-7-5-3-4-6-8-19-2/h9H,3-8H2,1-2H3,(H,16,17,18). The van der Waals surface area contributed by atoms with Crippen LogP contribution in [0.2, 0.25) is 5.28 Å². The fourth-order valence-electron chi connectivity index (χ4n) is 2.08. The second-order valence-corrected chi connectivity index (χ2v) is 7.31. The predicted molar refractivity (Wildman–Crippen MR) is 92.5 cm³/mol. The summed E-state index contributed by atoms with van der Waals surface area (Å²) in [6.07, 6.45) is 7.21. The van der Waals surface area contributed by atoms with Crippen molar-refractivity contribution in [3.63, 3.8) is 0 Å². The Hall–Kier alpha value is -0.520. The number of rotatable bonds is 8. The lowest BCUT2D eigenvalue weighted by Gasteiger charge is -2.07. The molecule has 0 saturated carbocycles. The summed E-state index contributed by atoms with van der Waals surface area (Å²) in [4.78, 5) is 10.8. The molecule has 3 nitrogen and oxygen atoms in total. The van der Waals surface area contributed by atoms with Crippen LogP contribution in [0.15, 0.2) is 6.07 Å². The van der Waals surface area contributed by atoms with Gasteiger partial charge in [0, 0.05) is 11.4 Å². The number of aryl methyl sites for hydroxylation is 1. The number of hydrogen-bond acceptors (Lipinski definition) is 5. The van der Waals surface area contributed by atoms with Crippen LogP contribution >= 0.6 is 34.7 Å². The van der Waals surface area contributed by atoms with Crippen LogP contribution < -0.4 is 5.32 Å². The van der Waals surface area contributed by atoms with Crippen molar-refractivity contribution in [3.05, 3.63) is 16.2 Å². The Kier molecular flexibility index (Phi) is 6.39. The van der Waals surface area contributed by atoms with Gasteiger partial charge in [-0.1, -0.05) is 12.8 Å². The molecule has 0 spiro atoms. The fraction of sp³-hybridized carbons (Fsp3) is 0.571. The highest BCUT2D eigenvalue weighted by Gasteiger charge is 2.09. The van der Waals surface area contributed by atoms with Gasteiger partial charge in [-0.2, -0.15) is 11.8 Å². The Labute approximate surface area is 133 Å². The highest BCUT2D eigenvalue weighted by molar-refractivity contribution is 7.98. The number of unbranched alkanes of at least 4 members (excludes halogenated alkanes) is 3. The van der Waals surface area contributed by atoms with Gasteiger partial charge in [0.1, 0.15) is 10.6 Å². The highest BCUT2D eigenvalue weighted by Crippen LogP contribution is 2.29. The molecule has 20 heavy (non-hydrogen) atoms. The number of anilines is 1. The minimum Gasteiger partial charge on any atom is -0.369 e. The largest absolute Gasteiger partial charge is 0.369 e. The van der Waals surface area contributed by atoms with Crippen LogP contribution in [0.25, 0.3) is 10.2 Å². The van der Waals surface area contributed by atoms with E-state index in [0.29, 0.717) is 5.28 Å². The molecule has 2 aromatic rings. The Morgan fingerprint density at radius 3 is 2.85 bits per heavy atom. The van der Waals surface area contributed by atoms with E-state index >= 15 is 0 Å². The summed E-state index contributed by atoms with van der Waals surface area (Å²) in [5.41, 5.74) is 0. The summed E-state index contributed by atoms with van der Waals surface area (Å²) < 4.78 is 0. The maximum Gasteiger partial charge on any atom is 0.225 e. The summed E-state index contributed by atoms with van der Waals surface area (Å²) >= 11 is 9.55. The van der Waals surface area contributed by atoms with Gasteiger partial charge in [0.2, 0.25) is 5.28 Å². The zero-order chi connectivity index (χ0) is 14.4. The van der Waals surface area contributed by atoms with E-state index in [-0.39, 0.29) is 0 Å². The first-order chi connectivity index (χ1) is 9.70. The molecule has 2 heterocycles. The Morgan fingerprint density at radius 1 is 1.25 bits per heavy atom. The minimum atomic E-state index is 0.321. The average Bonchev–Trinajstić information content (AvgIpc) is 2.77. The molecule has 0 bridgehead atoms. The molecule has 0 aliphatic rings. The van der Waals surface area contributed by atoms with Gasteiger partial charge in [0.15, 0.2) is 0 Å². The van der Waals surface area contributed by atoms with E-state index in [1.165, 1.54) is 36.3 Å². The molecule has 2 rings (SSSR count). The number of nitrogens with one attached hydrogen (secondary N) is 1. The van der Waals surface area contributed by atoms with Crippen molar-refractivity contribution in [1.29, 1.82) is 0 Å². The van der Waals surface area contributed by atoms with Gasteiger partial charge in [-0.15, -0.1) is 11.3 Å². The van der Waals surface area contributed by atoms with Crippen molar-refractivity contribution in [1.82, 2.24) is 9.97 Å². The molecular formula is C14H20ClN3S2. The number of halogens is 1. The SMILES string of the molecule is CSCCCCCCNc1nc(Cl)nc2sc(C)cc12. The molecule has 0 radical (unpaired) electrons. The van der Waals surface area contributed by atoms with E-state index in [1.54, 1.807) is 11.3 Å². The third kappa shape index (κ3) is 4.50. The van der Waals surface area contributed by atoms with Crippen molar-refractivity contribution in [2.75, 3.05) is 23.9 Å². The van der Waals surface area contributed by atoms with E-state index < -0.39 is 0 Å². The molecule has 0 aliphatic heterocycles. The second kappa shape index (κ2) is 8.05. The number of aromatic nitrogens is 2. The summed E-state index contributed by atoms with van der Waals surface area (Å²) in [5, 5.41) is 4.80. The molecule has 0 fully saturated rings. The average molecular weight is 330 g/mol. The van der Waals surface area contributed by atoms with Crippen LogP contribution in [0.5, 0.6) is 0 Å². The van der Waals surface area contributed by atoms with Gasteiger partial charge in [-0.05, 0) is 49.4 Å². The van der Waals surface area contributed by atoms with E-state index in [1.807, 2.05) is 11.8 Å². The van der Waals surface area contributed by atoms with E-state index in [4.69, 9.17) is 11.6 Å². The number of thiophene rings is 1. The van der Waals surface area contributed by atoms with Crippen molar-refractivity contribution in [2.24, 2.45) is 0 Å². The Morgan fingerprint density at radius 2 is 2.05 bits per heavy atom. The zero-order valence-corrected chi connectivity index (χ0v) is 14.3. The quantitative estimate of drug-likeness (QED) is 0.547. The third-order valence-corrected chi connectivity index (χ3v) is 4.87. The second-order valence-electron chi connectivity index (χ2n) is 4.75. The smallest absolute Gasteiger partial charge is 0.225 e. The number of thioether (sulfide) groups is 1. The molecule has 0 aliphatic carbocycles. The molecule has 0 amide bonds. The first-order valence-corrected chi connectivity index (χ1v) is 9.46. The maximum absolute atomic E-state index is 5.97. The normalized spacial score (nSPS) is 11.2. The Bertz CT molecular complexity index is 557. The zero-order valence-electron chi connectivity index (χ0n) is 11.9. The van der Waals surface area contributed by atoms with Crippen molar-refractivity contribution < 1.29 is 0 Å². The van der Waals surface area contributed by atoms with E-state index in [2.05, 4.69) is 34.5 Å². The molecule has 6 heteroatoms. The lowest BCUT2D eigenvalue weighted by molar-refractivity contribution is 0.688. The van der Waals surface area contributed by atoms with E-state index in [9.17, 15) is 0 Å². The molecule has 0 aromatic carbocycles. The molecule has 0 unspecified atom stereocenters. The third-order valence-electron chi connectivity index (χ3n) is 3.06. The first kappa shape index (κ1) is 15.9. The number of nitrogens with zero attached hydrogens (tertiary/aromatic N) is 2. The highest BCUT2D eigenvalue weighted by atomic mass is 35.5. The fourth-order valence-corrected chi connectivity index (χ4v) is 3.67.